The lowest BCUT2D eigenvalue weighted by Crippen LogP contribution is -2.37. The molecule has 0 aliphatic rings. The molecule has 0 atom stereocenters. The fourth-order valence-electron chi connectivity index (χ4n) is 2.11. The van der Waals surface area contributed by atoms with Gasteiger partial charge < -0.3 is 15.4 Å². The van der Waals surface area contributed by atoms with Gasteiger partial charge in [-0.2, -0.15) is 0 Å². The van der Waals surface area contributed by atoms with Gasteiger partial charge in [0.15, 0.2) is 5.96 Å². The second-order valence-electron chi connectivity index (χ2n) is 5.08. The maximum atomic E-state index is 5.67. The third-order valence-corrected chi connectivity index (χ3v) is 3.24. The van der Waals surface area contributed by atoms with E-state index in [1.807, 2.05) is 49.4 Å². The molecule has 0 aliphatic heterocycles. The number of ether oxygens (including phenoxy) is 1. The van der Waals surface area contributed by atoms with Crippen molar-refractivity contribution < 1.29 is 4.74 Å². The van der Waals surface area contributed by atoms with Gasteiger partial charge in [-0.3, -0.25) is 4.98 Å². The van der Waals surface area contributed by atoms with Gasteiger partial charge in [-0.05, 0) is 25.1 Å². The van der Waals surface area contributed by atoms with Crippen LogP contribution in [0.1, 0.15) is 18.2 Å². The van der Waals surface area contributed by atoms with E-state index in [2.05, 4.69) is 27.2 Å². The number of nitrogens with zero attached hydrogens (tertiary/aromatic N) is 2. The molecule has 0 amide bonds. The number of hydrogen-bond acceptors (Lipinski definition) is 3. The largest absolute Gasteiger partial charge is 0.489 e. The second kappa shape index (κ2) is 12.3. The Morgan fingerprint density at radius 2 is 2.00 bits per heavy atom. The molecule has 5 nitrogen and oxygen atoms in total. The van der Waals surface area contributed by atoms with Crippen molar-refractivity contribution in [3.05, 3.63) is 72.6 Å². The lowest BCUT2D eigenvalue weighted by atomic mass is 10.2. The minimum Gasteiger partial charge on any atom is -0.489 e. The van der Waals surface area contributed by atoms with Crippen LogP contribution in [0.4, 0.5) is 0 Å². The molecule has 0 saturated carbocycles. The predicted molar refractivity (Wildman–Crippen MR) is 113 cm³/mol. The van der Waals surface area contributed by atoms with Crippen molar-refractivity contribution in [3.63, 3.8) is 0 Å². The van der Waals surface area contributed by atoms with Gasteiger partial charge in [-0.1, -0.05) is 36.9 Å². The number of hydrogen-bond donors (Lipinski definition) is 2. The van der Waals surface area contributed by atoms with Crippen LogP contribution in [0.2, 0.25) is 0 Å². The van der Waals surface area contributed by atoms with Gasteiger partial charge in [0.2, 0.25) is 0 Å². The van der Waals surface area contributed by atoms with Crippen LogP contribution < -0.4 is 15.4 Å². The fourth-order valence-corrected chi connectivity index (χ4v) is 2.11. The van der Waals surface area contributed by atoms with E-state index in [1.165, 1.54) is 0 Å². The van der Waals surface area contributed by atoms with Crippen LogP contribution in [0.5, 0.6) is 5.75 Å². The predicted octanol–water partition coefficient (Wildman–Crippen LogP) is 3.52. The molecule has 0 radical (unpaired) electrons. The lowest BCUT2D eigenvalue weighted by molar-refractivity contribution is 0.359. The van der Waals surface area contributed by atoms with Crippen LogP contribution >= 0.6 is 24.0 Å². The number of aromatic nitrogens is 1. The summed E-state index contributed by atoms with van der Waals surface area (Å²) in [5, 5.41) is 6.53. The van der Waals surface area contributed by atoms with Crippen molar-refractivity contribution in [2.45, 2.75) is 20.0 Å². The molecule has 6 heteroatoms. The van der Waals surface area contributed by atoms with Crippen LogP contribution in [-0.4, -0.2) is 24.1 Å². The standard InChI is InChI=1S/C19H24N4O.HI/c1-3-13-24-18-11-6-5-9-16(18)14-22-19(20-4-2)23-15-17-10-7-8-12-21-17;/h3,5-12H,1,4,13-15H2,2H3,(H2,20,22,23);1H. The van der Waals surface area contributed by atoms with Gasteiger partial charge >= 0.3 is 0 Å². The monoisotopic (exact) mass is 452 g/mol. The molecule has 2 rings (SSSR count). The van der Waals surface area contributed by atoms with Crippen LogP contribution in [0.3, 0.4) is 0 Å². The Kier molecular flexibility index (Phi) is 10.3. The summed E-state index contributed by atoms with van der Waals surface area (Å²) in [5.74, 6) is 1.59. The fraction of sp³-hybridized carbons (Fsp3) is 0.263. The molecule has 0 bridgehead atoms. The number of nitrogens with one attached hydrogen (secondary N) is 2. The quantitative estimate of drug-likeness (QED) is 0.279. The molecule has 2 N–H and O–H groups in total. The number of pyridine rings is 1. The molecule has 1 heterocycles. The molecule has 0 saturated heterocycles. The van der Waals surface area contributed by atoms with Crippen LogP contribution in [0, 0.1) is 0 Å². The smallest absolute Gasteiger partial charge is 0.191 e. The highest BCUT2D eigenvalue weighted by Crippen LogP contribution is 2.18. The second-order valence-corrected chi connectivity index (χ2v) is 5.08. The molecule has 0 spiro atoms. The van der Waals surface area contributed by atoms with E-state index in [9.17, 15) is 0 Å². The van der Waals surface area contributed by atoms with E-state index in [4.69, 9.17) is 4.74 Å². The highest BCUT2D eigenvalue weighted by Gasteiger charge is 2.03. The first-order chi connectivity index (χ1) is 11.8. The first-order valence-corrected chi connectivity index (χ1v) is 8.07. The Morgan fingerprint density at radius 1 is 1.20 bits per heavy atom. The van der Waals surface area contributed by atoms with Crippen LogP contribution in [-0.2, 0) is 13.1 Å². The highest BCUT2D eigenvalue weighted by atomic mass is 127. The van der Waals surface area contributed by atoms with E-state index < -0.39 is 0 Å². The van der Waals surface area contributed by atoms with Gasteiger partial charge in [-0.25, -0.2) is 4.99 Å². The summed E-state index contributed by atoms with van der Waals surface area (Å²) in [5.41, 5.74) is 2.01. The third-order valence-electron chi connectivity index (χ3n) is 3.24. The maximum Gasteiger partial charge on any atom is 0.191 e. The van der Waals surface area contributed by atoms with E-state index >= 15 is 0 Å². The summed E-state index contributed by atoms with van der Waals surface area (Å²) in [6, 6.07) is 13.8. The molecule has 0 fully saturated rings. The summed E-state index contributed by atoms with van der Waals surface area (Å²) in [6.07, 6.45) is 3.52. The molecule has 0 aliphatic carbocycles. The van der Waals surface area contributed by atoms with Crippen LogP contribution in [0.25, 0.3) is 0 Å². The zero-order chi connectivity index (χ0) is 17.0. The summed E-state index contributed by atoms with van der Waals surface area (Å²) in [6.45, 7) is 8.16. The average molecular weight is 452 g/mol. The Bertz CT molecular complexity index is 661. The number of rotatable bonds is 8. The third kappa shape index (κ3) is 7.55. The Hall–Kier alpha value is -2.09. The van der Waals surface area contributed by atoms with Crippen LogP contribution in [0.15, 0.2) is 66.3 Å². The Balaban J connectivity index is 0.00000312. The van der Waals surface area contributed by atoms with Gasteiger partial charge in [0.25, 0.3) is 0 Å². The summed E-state index contributed by atoms with van der Waals surface area (Å²) in [4.78, 5) is 8.93. The van der Waals surface area contributed by atoms with Gasteiger partial charge in [-0.15, -0.1) is 24.0 Å². The minimum absolute atomic E-state index is 0. The zero-order valence-electron chi connectivity index (χ0n) is 14.4. The number of aliphatic imine (C=N–C) groups is 1. The van der Waals surface area contributed by atoms with E-state index in [1.54, 1.807) is 12.3 Å². The van der Waals surface area contributed by atoms with Crippen molar-refractivity contribution in [2.24, 2.45) is 4.99 Å². The number of benzene rings is 1. The highest BCUT2D eigenvalue weighted by molar-refractivity contribution is 14.0. The SMILES string of the molecule is C=CCOc1ccccc1CN=C(NCC)NCc1ccccn1.I. The number of halogens is 1. The molecule has 2 aromatic rings. The maximum absolute atomic E-state index is 5.67. The summed E-state index contributed by atoms with van der Waals surface area (Å²) in [7, 11) is 0. The van der Waals surface area contributed by atoms with E-state index in [0.717, 1.165) is 29.5 Å². The van der Waals surface area contributed by atoms with Crippen molar-refractivity contribution >= 4 is 29.9 Å². The topological polar surface area (TPSA) is 58.5 Å². The van der Waals surface area contributed by atoms with Gasteiger partial charge in [0.05, 0.1) is 18.8 Å². The summed E-state index contributed by atoms with van der Waals surface area (Å²) < 4.78 is 5.67. The van der Waals surface area contributed by atoms with E-state index in [-0.39, 0.29) is 24.0 Å². The molecule has 25 heavy (non-hydrogen) atoms. The van der Waals surface area contributed by atoms with Gasteiger partial charge in [0.1, 0.15) is 12.4 Å². The molecule has 0 unspecified atom stereocenters. The Labute approximate surface area is 166 Å². The first kappa shape index (κ1) is 21.0. The molecule has 1 aromatic carbocycles. The average Bonchev–Trinajstić information content (AvgIpc) is 2.64. The Morgan fingerprint density at radius 3 is 2.72 bits per heavy atom. The number of guanidine groups is 1. The lowest BCUT2D eigenvalue weighted by Gasteiger charge is -2.12. The van der Waals surface area contributed by atoms with Crippen molar-refractivity contribution in [3.8, 4) is 5.75 Å². The minimum atomic E-state index is 0. The molecule has 134 valence electrons. The van der Waals surface area contributed by atoms with Crippen molar-refractivity contribution in [2.75, 3.05) is 13.2 Å². The molecular formula is C19H25IN4O. The molecular weight excluding hydrogens is 427 g/mol. The molecule has 1 aromatic heterocycles. The summed E-state index contributed by atoms with van der Waals surface area (Å²) >= 11 is 0. The first-order valence-electron chi connectivity index (χ1n) is 8.07. The van der Waals surface area contributed by atoms with Crippen molar-refractivity contribution in [1.82, 2.24) is 15.6 Å². The number of para-hydroxylation sites is 1. The van der Waals surface area contributed by atoms with E-state index in [0.29, 0.717) is 19.7 Å². The van der Waals surface area contributed by atoms with Gasteiger partial charge in [0, 0.05) is 18.3 Å². The van der Waals surface area contributed by atoms with Crippen molar-refractivity contribution in [1.29, 1.82) is 0 Å². The normalized spacial score (nSPS) is 10.5. The zero-order valence-corrected chi connectivity index (χ0v) is 16.8.